The highest BCUT2D eigenvalue weighted by molar-refractivity contribution is 7.99. The number of benzene rings is 1. The minimum Gasteiger partial charge on any atom is -0.507 e. The van der Waals surface area contributed by atoms with E-state index in [0.717, 1.165) is 0 Å². The highest BCUT2D eigenvalue weighted by Gasteiger charge is 2.06. The fourth-order valence-electron chi connectivity index (χ4n) is 0.806. The summed E-state index contributed by atoms with van der Waals surface area (Å²) < 4.78 is 0. The Labute approximate surface area is 86.1 Å². The zero-order chi connectivity index (χ0) is 10.6. The molecule has 14 heavy (non-hydrogen) atoms. The Morgan fingerprint density at radius 1 is 1.43 bits per heavy atom. The molecular weight excluding hydrogens is 200 g/mol. The number of carboxylic acids is 1. The Hall–Kier alpha value is -1.42. The number of carboxylic acid groups (broad SMARTS) is 1. The maximum Gasteiger partial charge on any atom is 0.331 e. The van der Waals surface area contributed by atoms with Crippen LogP contribution in [0.5, 0.6) is 5.75 Å². The third-order valence-electron chi connectivity index (χ3n) is 1.57. The Balaban J connectivity index is 2.58. The van der Waals surface area contributed by atoms with E-state index in [1.54, 1.807) is 24.3 Å². The number of phenolic OH excluding ortho intramolecular Hbond substituents is 1. The van der Waals surface area contributed by atoms with Gasteiger partial charge >= 0.3 is 5.97 Å². The van der Waals surface area contributed by atoms with Crippen LogP contribution in [0.4, 0.5) is 0 Å². The average molecular weight is 210 g/mol. The number of aliphatic carboxylic acids is 1. The van der Waals surface area contributed by atoms with Crippen molar-refractivity contribution in [3.63, 3.8) is 0 Å². The van der Waals surface area contributed by atoms with Crippen molar-refractivity contribution >= 4 is 17.7 Å². The predicted molar refractivity (Wildman–Crippen MR) is 55.6 cm³/mol. The van der Waals surface area contributed by atoms with Gasteiger partial charge in [-0.05, 0) is 12.1 Å². The van der Waals surface area contributed by atoms with Crippen molar-refractivity contribution in [1.82, 2.24) is 0 Å². The lowest BCUT2D eigenvalue weighted by Crippen LogP contribution is -2.00. The largest absolute Gasteiger partial charge is 0.507 e. The lowest BCUT2D eigenvalue weighted by Gasteiger charge is -2.03. The molecule has 0 saturated carbocycles. The second-order valence-corrected chi connectivity index (χ2v) is 3.68. The number of thioether (sulfide) groups is 1. The zero-order valence-electron chi connectivity index (χ0n) is 7.43. The van der Waals surface area contributed by atoms with Gasteiger partial charge < -0.3 is 10.2 Å². The summed E-state index contributed by atoms with van der Waals surface area (Å²) in [6, 6.07) is 6.79. The van der Waals surface area contributed by atoms with Crippen molar-refractivity contribution in [3.05, 3.63) is 36.4 Å². The van der Waals surface area contributed by atoms with Gasteiger partial charge in [0.05, 0.1) is 0 Å². The molecule has 0 fully saturated rings. The first-order valence-electron chi connectivity index (χ1n) is 3.93. The van der Waals surface area contributed by atoms with Crippen LogP contribution in [0.1, 0.15) is 0 Å². The number of hydrogen-bond donors (Lipinski definition) is 2. The molecule has 0 unspecified atom stereocenters. The topological polar surface area (TPSA) is 57.5 Å². The van der Waals surface area contributed by atoms with E-state index >= 15 is 0 Å². The normalized spacial score (nSPS) is 9.71. The molecule has 1 aromatic carbocycles. The number of hydrogen-bond acceptors (Lipinski definition) is 3. The standard InChI is InChI=1S/C10H10O3S/c1-7(10(12)13)6-14-9-5-3-2-4-8(9)11/h2-5,11H,1,6H2,(H,12,13). The van der Waals surface area contributed by atoms with Gasteiger partial charge in [-0.25, -0.2) is 4.79 Å². The van der Waals surface area contributed by atoms with Crippen LogP contribution in [0, 0.1) is 0 Å². The molecule has 74 valence electrons. The molecule has 0 radical (unpaired) electrons. The molecule has 0 spiro atoms. The quantitative estimate of drug-likeness (QED) is 0.590. The summed E-state index contributed by atoms with van der Waals surface area (Å²) in [4.78, 5) is 11.1. The molecule has 4 heteroatoms. The summed E-state index contributed by atoms with van der Waals surface area (Å²) in [5.74, 6) is -0.573. The minimum atomic E-state index is -1.01. The summed E-state index contributed by atoms with van der Waals surface area (Å²) >= 11 is 1.25. The zero-order valence-corrected chi connectivity index (χ0v) is 8.25. The first kappa shape index (κ1) is 10.7. The number of carbonyl (C=O) groups is 1. The summed E-state index contributed by atoms with van der Waals surface area (Å²) in [5.41, 5.74) is 0.123. The van der Waals surface area contributed by atoms with E-state index in [2.05, 4.69) is 6.58 Å². The third-order valence-corrected chi connectivity index (χ3v) is 2.72. The molecule has 0 atom stereocenters. The van der Waals surface area contributed by atoms with Crippen molar-refractivity contribution in [3.8, 4) is 5.75 Å². The first-order valence-corrected chi connectivity index (χ1v) is 4.91. The molecule has 1 rings (SSSR count). The lowest BCUT2D eigenvalue weighted by atomic mass is 10.3. The van der Waals surface area contributed by atoms with E-state index in [9.17, 15) is 9.90 Å². The van der Waals surface area contributed by atoms with Gasteiger partial charge in [0.1, 0.15) is 5.75 Å². The number of rotatable bonds is 4. The van der Waals surface area contributed by atoms with Crippen LogP contribution >= 0.6 is 11.8 Å². The van der Waals surface area contributed by atoms with Crippen molar-refractivity contribution < 1.29 is 15.0 Å². The van der Waals surface area contributed by atoms with Gasteiger partial charge in [-0.2, -0.15) is 0 Å². The molecule has 0 saturated heterocycles. The van der Waals surface area contributed by atoms with Gasteiger partial charge in [-0.3, -0.25) is 0 Å². The highest BCUT2D eigenvalue weighted by Crippen LogP contribution is 2.28. The second kappa shape index (κ2) is 4.72. The monoisotopic (exact) mass is 210 g/mol. The molecule has 0 amide bonds. The van der Waals surface area contributed by atoms with Crippen LogP contribution in [-0.2, 0) is 4.79 Å². The van der Waals surface area contributed by atoms with Gasteiger partial charge in [0.2, 0.25) is 0 Å². The van der Waals surface area contributed by atoms with Crippen molar-refractivity contribution in [1.29, 1.82) is 0 Å². The molecule has 0 heterocycles. The molecule has 0 bridgehead atoms. The van der Waals surface area contributed by atoms with Gasteiger partial charge in [0, 0.05) is 16.2 Å². The van der Waals surface area contributed by atoms with Crippen molar-refractivity contribution in [2.45, 2.75) is 4.90 Å². The van der Waals surface area contributed by atoms with E-state index in [1.807, 2.05) is 0 Å². The van der Waals surface area contributed by atoms with E-state index in [0.29, 0.717) is 4.90 Å². The van der Waals surface area contributed by atoms with E-state index in [-0.39, 0.29) is 17.1 Å². The molecule has 0 aliphatic rings. The SMILES string of the molecule is C=C(CSc1ccccc1O)C(=O)O. The van der Waals surface area contributed by atoms with Gasteiger partial charge in [-0.1, -0.05) is 18.7 Å². The molecule has 0 aliphatic heterocycles. The fraction of sp³-hybridized carbons (Fsp3) is 0.100. The Morgan fingerprint density at radius 2 is 2.07 bits per heavy atom. The molecular formula is C10H10O3S. The van der Waals surface area contributed by atoms with Gasteiger partial charge in [0.25, 0.3) is 0 Å². The summed E-state index contributed by atoms with van der Waals surface area (Å²) in [5, 5.41) is 17.9. The lowest BCUT2D eigenvalue weighted by molar-refractivity contribution is -0.132. The van der Waals surface area contributed by atoms with Crippen molar-refractivity contribution in [2.24, 2.45) is 0 Å². The Kier molecular flexibility index (Phi) is 3.59. The Bertz CT molecular complexity index is 360. The van der Waals surface area contributed by atoms with E-state index in [1.165, 1.54) is 11.8 Å². The number of aromatic hydroxyl groups is 1. The van der Waals surface area contributed by atoms with Crippen LogP contribution in [0.25, 0.3) is 0 Å². The van der Waals surface area contributed by atoms with Crippen LogP contribution in [0.15, 0.2) is 41.3 Å². The maximum absolute atomic E-state index is 10.4. The number of phenols is 1. The smallest absolute Gasteiger partial charge is 0.331 e. The summed E-state index contributed by atoms with van der Waals surface area (Å²) in [6.07, 6.45) is 0. The van der Waals surface area contributed by atoms with Crippen molar-refractivity contribution in [2.75, 3.05) is 5.75 Å². The molecule has 2 N–H and O–H groups in total. The van der Waals surface area contributed by atoms with Gasteiger partial charge in [0.15, 0.2) is 0 Å². The van der Waals surface area contributed by atoms with Crippen LogP contribution in [0.3, 0.4) is 0 Å². The van der Waals surface area contributed by atoms with Crippen LogP contribution < -0.4 is 0 Å². The fourth-order valence-corrected chi connectivity index (χ4v) is 1.65. The third kappa shape index (κ3) is 2.81. The van der Waals surface area contributed by atoms with Gasteiger partial charge in [-0.15, -0.1) is 11.8 Å². The summed E-state index contributed by atoms with van der Waals surface area (Å²) in [7, 11) is 0. The number of para-hydroxylation sites is 1. The second-order valence-electron chi connectivity index (χ2n) is 2.67. The summed E-state index contributed by atoms with van der Waals surface area (Å²) in [6.45, 7) is 3.40. The van der Waals surface area contributed by atoms with Crippen LogP contribution in [0.2, 0.25) is 0 Å². The predicted octanol–water partition coefficient (Wildman–Crippen LogP) is 2.13. The van der Waals surface area contributed by atoms with E-state index in [4.69, 9.17) is 5.11 Å². The van der Waals surface area contributed by atoms with E-state index < -0.39 is 5.97 Å². The minimum absolute atomic E-state index is 0.123. The molecule has 1 aromatic rings. The first-order chi connectivity index (χ1) is 6.61. The average Bonchev–Trinajstić information content (AvgIpc) is 2.16. The molecule has 0 aliphatic carbocycles. The Morgan fingerprint density at radius 3 is 2.64 bits per heavy atom. The highest BCUT2D eigenvalue weighted by atomic mass is 32.2. The maximum atomic E-state index is 10.4. The van der Waals surface area contributed by atoms with Crippen LogP contribution in [-0.4, -0.2) is 21.9 Å². The molecule has 3 nitrogen and oxygen atoms in total. The molecule has 0 aromatic heterocycles.